The van der Waals surface area contributed by atoms with Crippen molar-refractivity contribution >= 4 is 0 Å². The van der Waals surface area contributed by atoms with Crippen molar-refractivity contribution in [3.8, 4) is 11.8 Å². The summed E-state index contributed by atoms with van der Waals surface area (Å²) in [5.41, 5.74) is 1.34. The minimum Gasteiger partial charge on any atom is -0.390 e. The van der Waals surface area contributed by atoms with E-state index in [1.165, 1.54) is 5.70 Å². The first-order chi connectivity index (χ1) is 5.02. The normalized spacial score (nSPS) is 11.9. The molecule has 62 valence electrons. The Morgan fingerprint density at radius 1 is 1.36 bits per heavy atom. The predicted molar refractivity (Wildman–Crippen MR) is 50.0 cm³/mol. The predicted octanol–water partition coefficient (Wildman–Crippen LogP) is 2.16. The first-order valence-corrected chi connectivity index (χ1v) is 3.83. The molecule has 0 saturated carbocycles. The molecule has 0 heterocycles. The third-order valence-corrected chi connectivity index (χ3v) is 1.44. The van der Waals surface area contributed by atoms with E-state index in [9.17, 15) is 0 Å². The lowest BCUT2D eigenvalue weighted by molar-refractivity contribution is 0.473. The summed E-state index contributed by atoms with van der Waals surface area (Å²) in [4.78, 5) is 0. The molecular weight excluding hydrogens is 134 g/mol. The van der Waals surface area contributed by atoms with E-state index in [0.29, 0.717) is 0 Å². The average molecular weight is 151 g/mol. The van der Waals surface area contributed by atoms with Crippen LogP contribution in [0.2, 0.25) is 0 Å². The highest BCUT2D eigenvalue weighted by Gasteiger charge is 2.14. The molecule has 0 unspecified atom stereocenters. The highest BCUT2D eigenvalue weighted by atomic mass is 14.8. The zero-order chi connectivity index (χ0) is 8.91. The maximum Gasteiger partial charge on any atom is 0.0243 e. The molecule has 0 aliphatic heterocycles. The molecular formula is C10H17N. The molecule has 0 saturated heterocycles. The number of allylic oxidation sites excluding steroid dienone is 2. The Labute approximate surface area is 69.9 Å². The Morgan fingerprint density at radius 3 is 2.18 bits per heavy atom. The number of nitrogens with one attached hydrogen (secondary N) is 1. The Hall–Kier alpha value is -0.900. The van der Waals surface area contributed by atoms with Crippen LogP contribution in [0.25, 0.3) is 0 Å². The summed E-state index contributed by atoms with van der Waals surface area (Å²) >= 11 is 0. The number of rotatable bonds is 1. The van der Waals surface area contributed by atoms with Crippen molar-refractivity contribution in [1.82, 2.24) is 5.32 Å². The van der Waals surface area contributed by atoms with Gasteiger partial charge in [-0.3, -0.25) is 0 Å². The van der Waals surface area contributed by atoms with Crippen LogP contribution in [0.4, 0.5) is 0 Å². The second-order valence-corrected chi connectivity index (χ2v) is 3.45. The quantitative estimate of drug-likeness (QED) is 0.566. The molecule has 0 amide bonds. The van der Waals surface area contributed by atoms with Crippen LogP contribution in [-0.2, 0) is 0 Å². The van der Waals surface area contributed by atoms with Crippen molar-refractivity contribution in [2.75, 3.05) is 7.05 Å². The summed E-state index contributed by atoms with van der Waals surface area (Å²) in [6.45, 7) is 8.32. The van der Waals surface area contributed by atoms with Gasteiger partial charge in [-0.1, -0.05) is 26.7 Å². The van der Waals surface area contributed by atoms with Crippen LogP contribution in [-0.4, -0.2) is 7.05 Å². The maximum absolute atomic E-state index is 3.14. The molecule has 0 radical (unpaired) electrons. The zero-order valence-electron chi connectivity index (χ0n) is 8.08. The molecule has 1 N–H and O–H groups in total. The maximum atomic E-state index is 3.14. The topological polar surface area (TPSA) is 12.0 Å². The molecule has 1 nitrogen and oxygen atoms in total. The molecule has 11 heavy (non-hydrogen) atoms. The molecule has 0 aromatic heterocycles. The third kappa shape index (κ3) is 3.72. The van der Waals surface area contributed by atoms with E-state index in [-0.39, 0.29) is 5.41 Å². The van der Waals surface area contributed by atoms with E-state index in [0.717, 1.165) is 0 Å². The van der Waals surface area contributed by atoms with Gasteiger partial charge in [0.25, 0.3) is 0 Å². The minimum absolute atomic E-state index is 0.165. The largest absolute Gasteiger partial charge is 0.390 e. The van der Waals surface area contributed by atoms with E-state index >= 15 is 0 Å². The molecule has 0 aromatic rings. The van der Waals surface area contributed by atoms with Crippen LogP contribution >= 0.6 is 0 Å². The van der Waals surface area contributed by atoms with Gasteiger partial charge in [-0.25, -0.2) is 0 Å². The summed E-state index contributed by atoms with van der Waals surface area (Å²) in [6, 6.07) is 0. The molecule has 0 aliphatic rings. The van der Waals surface area contributed by atoms with Crippen LogP contribution in [0.3, 0.4) is 0 Å². The summed E-state index contributed by atoms with van der Waals surface area (Å²) in [5, 5.41) is 3.14. The lowest BCUT2D eigenvalue weighted by Crippen LogP contribution is -2.20. The van der Waals surface area contributed by atoms with E-state index in [1.807, 2.05) is 20.0 Å². The van der Waals surface area contributed by atoms with Gasteiger partial charge in [0.15, 0.2) is 0 Å². The van der Waals surface area contributed by atoms with Gasteiger partial charge < -0.3 is 5.32 Å². The highest BCUT2D eigenvalue weighted by Crippen LogP contribution is 2.21. The molecule has 0 atom stereocenters. The second-order valence-electron chi connectivity index (χ2n) is 3.45. The van der Waals surface area contributed by atoms with Gasteiger partial charge >= 0.3 is 0 Å². The van der Waals surface area contributed by atoms with Gasteiger partial charge in [-0.2, -0.15) is 0 Å². The highest BCUT2D eigenvalue weighted by molar-refractivity contribution is 5.22. The molecule has 0 aromatic carbocycles. The average Bonchev–Trinajstić information content (AvgIpc) is 1.87. The van der Waals surface area contributed by atoms with Crippen molar-refractivity contribution in [2.24, 2.45) is 5.41 Å². The summed E-state index contributed by atoms with van der Waals surface area (Å²) < 4.78 is 0. The van der Waals surface area contributed by atoms with Crippen LogP contribution in [0, 0.1) is 17.3 Å². The second kappa shape index (κ2) is 4.08. The SMILES string of the molecule is CC#C/C=C(\NC)C(C)(C)C. The van der Waals surface area contributed by atoms with Crippen molar-refractivity contribution in [2.45, 2.75) is 27.7 Å². The fraction of sp³-hybridized carbons (Fsp3) is 0.600. The Balaban J connectivity index is 4.49. The van der Waals surface area contributed by atoms with E-state index in [2.05, 4.69) is 37.9 Å². The zero-order valence-corrected chi connectivity index (χ0v) is 8.08. The van der Waals surface area contributed by atoms with E-state index in [1.54, 1.807) is 0 Å². The summed E-state index contributed by atoms with van der Waals surface area (Å²) in [7, 11) is 1.93. The lowest BCUT2D eigenvalue weighted by atomic mass is 9.92. The Morgan fingerprint density at radius 2 is 1.91 bits per heavy atom. The van der Waals surface area contributed by atoms with Crippen molar-refractivity contribution < 1.29 is 0 Å². The van der Waals surface area contributed by atoms with E-state index < -0.39 is 0 Å². The molecule has 0 fully saturated rings. The van der Waals surface area contributed by atoms with Gasteiger partial charge in [0.2, 0.25) is 0 Å². The fourth-order valence-corrected chi connectivity index (χ4v) is 0.808. The monoisotopic (exact) mass is 151 g/mol. The van der Waals surface area contributed by atoms with Crippen LogP contribution in [0.1, 0.15) is 27.7 Å². The van der Waals surface area contributed by atoms with Crippen LogP contribution < -0.4 is 5.32 Å². The first kappa shape index (κ1) is 10.1. The lowest BCUT2D eigenvalue weighted by Gasteiger charge is -2.21. The van der Waals surface area contributed by atoms with Gasteiger partial charge in [0.1, 0.15) is 0 Å². The summed E-state index contributed by atoms with van der Waals surface area (Å²) in [6.07, 6.45) is 1.93. The minimum atomic E-state index is 0.165. The standard InChI is InChI=1S/C10H17N/c1-6-7-8-9(11-5)10(2,3)4/h8,11H,1-5H3/b9-8-. The van der Waals surface area contributed by atoms with Crippen molar-refractivity contribution in [3.63, 3.8) is 0 Å². The smallest absolute Gasteiger partial charge is 0.0243 e. The number of hydrogen-bond acceptors (Lipinski definition) is 1. The van der Waals surface area contributed by atoms with Gasteiger partial charge in [0.05, 0.1) is 0 Å². The Kier molecular flexibility index (Phi) is 3.74. The van der Waals surface area contributed by atoms with Crippen molar-refractivity contribution in [3.05, 3.63) is 11.8 Å². The fourth-order valence-electron chi connectivity index (χ4n) is 0.808. The van der Waals surface area contributed by atoms with Gasteiger partial charge in [-0.05, 0) is 6.92 Å². The molecule has 1 heteroatoms. The molecule has 0 spiro atoms. The van der Waals surface area contributed by atoms with Crippen molar-refractivity contribution in [1.29, 1.82) is 0 Å². The van der Waals surface area contributed by atoms with E-state index in [4.69, 9.17) is 0 Å². The Bertz CT molecular complexity index is 195. The van der Waals surface area contributed by atoms with Gasteiger partial charge in [0, 0.05) is 24.2 Å². The van der Waals surface area contributed by atoms with Crippen LogP contribution in [0.5, 0.6) is 0 Å². The first-order valence-electron chi connectivity index (χ1n) is 3.83. The van der Waals surface area contributed by atoms with Gasteiger partial charge in [-0.15, -0.1) is 5.92 Å². The molecule has 0 rings (SSSR count). The number of hydrogen-bond donors (Lipinski definition) is 1. The molecule has 0 bridgehead atoms. The summed E-state index contributed by atoms with van der Waals surface area (Å²) in [5.74, 6) is 5.77. The van der Waals surface area contributed by atoms with Crippen LogP contribution in [0.15, 0.2) is 11.8 Å². The molecule has 0 aliphatic carbocycles. The third-order valence-electron chi connectivity index (χ3n) is 1.44.